The highest BCUT2D eigenvalue weighted by molar-refractivity contribution is 9.10. The molecule has 1 aliphatic heterocycles. The first-order chi connectivity index (χ1) is 16.3. The van der Waals surface area contributed by atoms with E-state index < -0.39 is 17.7 Å². The predicted molar refractivity (Wildman–Crippen MR) is 129 cm³/mol. The Morgan fingerprint density at radius 3 is 2.38 bits per heavy atom. The van der Waals surface area contributed by atoms with E-state index in [9.17, 15) is 19.8 Å². The number of amides is 1. The summed E-state index contributed by atoms with van der Waals surface area (Å²) in [7, 11) is 0. The van der Waals surface area contributed by atoms with E-state index in [1.54, 1.807) is 67.6 Å². The van der Waals surface area contributed by atoms with Gasteiger partial charge in [0.1, 0.15) is 5.76 Å². The number of benzene rings is 3. The summed E-state index contributed by atoms with van der Waals surface area (Å²) in [6.07, 6.45) is 0. The summed E-state index contributed by atoms with van der Waals surface area (Å²) >= 11 is 3.34. The number of aliphatic hydroxyl groups is 1. The Balaban J connectivity index is 1.94. The second-order valence-corrected chi connectivity index (χ2v) is 8.41. The molecule has 0 aliphatic carbocycles. The van der Waals surface area contributed by atoms with Crippen LogP contribution in [-0.2, 0) is 9.59 Å². The van der Waals surface area contributed by atoms with Gasteiger partial charge in [0, 0.05) is 15.7 Å². The van der Waals surface area contributed by atoms with Gasteiger partial charge in [0.25, 0.3) is 11.7 Å². The first-order valence-electron chi connectivity index (χ1n) is 10.4. The van der Waals surface area contributed by atoms with Gasteiger partial charge in [-0.15, -0.1) is 0 Å². The van der Waals surface area contributed by atoms with Crippen LogP contribution < -0.4 is 9.64 Å². The summed E-state index contributed by atoms with van der Waals surface area (Å²) in [6, 6.07) is 18.5. The fourth-order valence-electron chi connectivity index (χ4n) is 3.85. The van der Waals surface area contributed by atoms with Gasteiger partial charge in [-0.3, -0.25) is 14.5 Å². The number of rotatable bonds is 5. The summed E-state index contributed by atoms with van der Waals surface area (Å²) in [5.41, 5.74) is 1.52. The second kappa shape index (κ2) is 9.41. The lowest BCUT2D eigenvalue weighted by atomic mass is 9.94. The first-order valence-corrected chi connectivity index (χ1v) is 11.2. The number of hydrogen-bond acceptors (Lipinski definition) is 6. The predicted octanol–water partition coefficient (Wildman–Crippen LogP) is 5.05. The summed E-state index contributed by atoms with van der Waals surface area (Å²) < 4.78 is 6.29. The minimum absolute atomic E-state index is 0.0890. The summed E-state index contributed by atoms with van der Waals surface area (Å²) in [5, 5.41) is 30.4. The van der Waals surface area contributed by atoms with Crippen LogP contribution in [0.3, 0.4) is 0 Å². The lowest BCUT2D eigenvalue weighted by Crippen LogP contribution is -2.29. The molecule has 170 valence electrons. The van der Waals surface area contributed by atoms with E-state index in [1.165, 1.54) is 11.0 Å². The van der Waals surface area contributed by atoms with Crippen molar-refractivity contribution in [2.75, 3.05) is 11.5 Å². The molecule has 1 fully saturated rings. The zero-order valence-corrected chi connectivity index (χ0v) is 19.6. The lowest BCUT2D eigenvalue weighted by Gasteiger charge is -2.26. The number of nitrogens with zero attached hydrogens (tertiary/aromatic N) is 2. The highest BCUT2D eigenvalue weighted by Crippen LogP contribution is 2.44. The van der Waals surface area contributed by atoms with E-state index in [-0.39, 0.29) is 22.8 Å². The highest BCUT2D eigenvalue weighted by Gasteiger charge is 2.47. The van der Waals surface area contributed by atoms with Crippen LogP contribution in [0.25, 0.3) is 5.76 Å². The van der Waals surface area contributed by atoms with Crippen molar-refractivity contribution in [2.45, 2.75) is 13.0 Å². The van der Waals surface area contributed by atoms with Crippen molar-refractivity contribution in [3.8, 4) is 17.6 Å². The monoisotopic (exact) mass is 518 g/mol. The Morgan fingerprint density at radius 2 is 1.76 bits per heavy atom. The van der Waals surface area contributed by atoms with Crippen molar-refractivity contribution in [3.63, 3.8) is 0 Å². The number of carbonyl (C=O) groups excluding carboxylic acids is 2. The van der Waals surface area contributed by atoms with Crippen molar-refractivity contribution in [3.05, 3.63) is 93.5 Å². The molecule has 0 aromatic heterocycles. The minimum Gasteiger partial charge on any atom is -0.507 e. The number of phenols is 1. The number of ketones is 1. The van der Waals surface area contributed by atoms with E-state index in [1.807, 2.05) is 6.07 Å². The molecule has 0 radical (unpaired) electrons. The van der Waals surface area contributed by atoms with Crippen molar-refractivity contribution in [2.24, 2.45) is 0 Å². The van der Waals surface area contributed by atoms with Crippen molar-refractivity contribution in [1.82, 2.24) is 0 Å². The summed E-state index contributed by atoms with van der Waals surface area (Å²) in [4.78, 5) is 27.7. The maximum Gasteiger partial charge on any atom is 0.300 e. The zero-order chi connectivity index (χ0) is 24.4. The van der Waals surface area contributed by atoms with Crippen LogP contribution in [0.4, 0.5) is 5.69 Å². The summed E-state index contributed by atoms with van der Waals surface area (Å²) in [6.45, 7) is 2.06. The van der Waals surface area contributed by atoms with Gasteiger partial charge in [0.15, 0.2) is 11.5 Å². The second-order valence-electron chi connectivity index (χ2n) is 7.49. The number of aromatic hydroxyl groups is 1. The fraction of sp³-hybridized carbons (Fsp3) is 0.115. The standard InChI is InChI=1S/C26H19BrN2O5/c1-2-34-21-13-17(7-12-20(21)30)23-22(24(31)16-5-8-18(27)9-6-16)25(32)26(33)29(23)19-10-3-15(14-28)4-11-19/h3-13,23,30-31H,2H2,1H3/b24-22-. The lowest BCUT2D eigenvalue weighted by molar-refractivity contribution is -0.132. The number of halogens is 1. The number of anilines is 1. The van der Waals surface area contributed by atoms with E-state index in [4.69, 9.17) is 10.00 Å². The first kappa shape index (κ1) is 23.1. The van der Waals surface area contributed by atoms with E-state index in [0.29, 0.717) is 29.0 Å². The molecule has 7 nitrogen and oxygen atoms in total. The largest absolute Gasteiger partial charge is 0.507 e. The van der Waals surface area contributed by atoms with Crippen LogP contribution in [0, 0.1) is 11.3 Å². The smallest absolute Gasteiger partial charge is 0.300 e. The number of hydrogen-bond donors (Lipinski definition) is 2. The molecule has 1 amide bonds. The molecule has 0 saturated carbocycles. The molecule has 0 spiro atoms. The van der Waals surface area contributed by atoms with Gasteiger partial charge in [-0.05, 0) is 61.0 Å². The molecule has 8 heteroatoms. The number of phenolic OH excluding ortho intramolecular Hbond substituents is 1. The Labute approximate surface area is 204 Å². The summed E-state index contributed by atoms with van der Waals surface area (Å²) in [5.74, 6) is -1.89. The van der Waals surface area contributed by atoms with Crippen LogP contribution >= 0.6 is 15.9 Å². The van der Waals surface area contributed by atoms with E-state index >= 15 is 0 Å². The molecular formula is C26H19BrN2O5. The van der Waals surface area contributed by atoms with Crippen LogP contribution in [0.15, 0.2) is 76.8 Å². The SMILES string of the molecule is CCOc1cc(C2/C(=C(/O)c3ccc(Br)cc3)C(=O)C(=O)N2c2ccc(C#N)cc2)ccc1O. The molecule has 1 heterocycles. The molecular weight excluding hydrogens is 500 g/mol. The van der Waals surface area contributed by atoms with Gasteiger partial charge in [-0.2, -0.15) is 5.26 Å². The van der Waals surface area contributed by atoms with Crippen molar-refractivity contribution in [1.29, 1.82) is 5.26 Å². The highest BCUT2D eigenvalue weighted by atomic mass is 79.9. The molecule has 34 heavy (non-hydrogen) atoms. The molecule has 1 aliphatic rings. The molecule has 1 saturated heterocycles. The van der Waals surface area contributed by atoms with Gasteiger partial charge in [0.05, 0.1) is 29.9 Å². The third-order valence-electron chi connectivity index (χ3n) is 5.44. The van der Waals surface area contributed by atoms with Gasteiger partial charge < -0.3 is 14.9 Å². The fourth-order valence-corrected chi connectivity index (χ4v) is 4.11. The minimum atomic E-state index is -0.989. The van der Waals surface area contributed by atoms with Gasteiger partial charge in [0.2, 0.25) is 0 Å². The zero-order valence-electron chi connectivity index (χ0n) is 18.0. The molecule has 1 atom stereocenters. The Kier molecular flexibility index (Phi) is 6.39. The van der Waals surface area contributed by atoms with Crippen molar-refractivity contribution >= 4 is 39.1 Å². The third-order valence-corrected chi connectivity index (χ3v) is 5.96. The van der Waals surface area contributed by atoms with Gasteiger partial charge in [-0.25, -0.2) is 0 Å². The normalized spacial score (nSPS) is 17.0. The van der Waals surface area contributed by atoms with E-state index in [0.717, 1.165) is 4.47 Å². The number of ether oxygens (including phenoxy) is 1. The Hall–Kier alpha value is -4.09. The molecule has 1 unspecified atom stereocenters. The van der Waals surface area contributed by atoms with E-state index in [2.05, 4.69) is 15.9 Å². The van der Waals surface area contributed by atoms with Crippen molar-refractivity contribution < 1.29 is 24.5 Å². The molecule has 2 N–H and O–H groups in total. The van der Waals surface area contributed by atoms with Crippen LogP contribution in [0.2, 0.25) is 0 Å². The van der Waals surface area contributed by atoms with Gasteiger partial charge >= 0.3 is 0 Å². The van der Waals surface area contributed by atoms with Gasteiger partial charge in [-0.1, -0.05) is 34.1 Å². The van der Waals surface area contributed by atoms with Crippen LogP contribution in [-0.4, -0.2) is 28.5 Å². The molecule has 0 bridgehead atoms. The average Bonchev–Trinajstić information content (AvgIpc) is 3.11. The molecule has 4 rings (SSSR count). The number of nitriles is 1. The maximum atomic E-state index is 13.2. The van der Waals surface area contributed by atoms with Crippen LogP contribution in [0.1, 0.15) is 29.7 Å². The average molecular weight is 519 g/mol. The van der Waals surface area contributed by atoms with Crippen LogP contribution in [0.5, 0.6) is 11.5 Å². The topological polar surface area (TPSA) is 111 Å². The Morgan fingerprint density at radius 1 is 1.09 bits per heavy atom. The quantitative estimate of drug-likeness (QED) is 0.277. The maximum absolute atomic E-state index is 13.2. The molecule has 3 aromatic carbocycles. The Bertz CT molecular complexity index is 1340. The number of aliphatic hydroxyl groups excluding tert-OH is 1. The number of carbonyl (C=O) groups is 2. The number of Topliss-reactive ketones (excluding diaryl/α,β-unsaturated/α-hetero) is 1. The molecule has 3 aromatic rings. The third kappa shape index (κ3) is 4.14.